The summed E-state index contributed by atoms with van der Waals surface area (Å²) in [6, 6.07) is 11.3. The maximum atomic E-state index is 12.8. The van der Waals surface area contributed by atoms with E-state index in [1.165, 1.54) is 10.9 Å². The molecule has 1 amide bonds. The molecule has 2 atom stereocenters. The van der Waals surface area contributed by atoms with Gasteiger partial charge in [-0.15, -0.1) is 12.4 Å². The normalized spacial score (nSPS) is 17.2. The maximum Gasteiger partial charge on any atom is 0.420 e. The lowest BCUT2D eigenvalue weighted by Crippen LogP contribution is -2.52. The largest absolute Gasteiger partial charge is 0.444 e. The Balaban J connectivity index is 0.00000361. The molecule has 3 aromatic rings. The molecule has 0 saturated carbocycles. The van der Waals surface area contributed by atoms with Gasteiger partial charge in [-0.25, -0.2) is 19.3 Å². The van der Waals surface area contributed by atoms with Gasteiger partial charge in [-0.05, 0) is 29.5 Å². The number of ether oxygens (including phenoxy) is 1. The van der Waals surface area contributed by atoms with Gasteiger partial charge in [0.05, 0.1) is 17.5 Å². The Labute approximate surface area is 216 Å². The van der Waals surface area contributed by atoms with Gasteiger partial charge in [-0.2, -0.15) is 5.26 Å². The monoisotopic (exact) mass is 511 g/mol. The van der Waals surface area contributed by atoms with E-state index < -0.39 is 6.09 Å². The molecule has 11 heteroatoms. The van der Waals surface area contributed by atoms with Crippen LogP contribution < -0.4 is 10.6 Å². The summed E-state index contributed by atoms with van der Waals surface area (Å²) >= 11 is 0. The fourth-order valence-corrected chi connectivity index (χ4v) is 4.47. The molecule has 1 saturated heterocycles. The number of fused-ring (bicyclic) bond motifs is 1. The lowest BCUT2D eigenvalue weighted by molar-refractivity contribution is -0.131. The molecule has 1 aromatic carbocycles. The van der Waals surface area contributed by atoms with Crippen LogP contribution in [0.25, 0.3) is 11.0 Å². The molecule has 0 aliphatic carbocycles. The molecule has 3 heterocycles. The molecule has 1 aliphatic heterocycles. The van der Waals surface area contributed by atoms with E-state index in [1.54, 1.807) is 17.2 Å². The second kappa shape index (κ2) is 11.8. The second-order valence-corrected chi connectivity index (χ2v) is 8.81. The number of anilines is 1. The van der Waals surface area contributed by atoms with Crippen molar-refractivity contribution in [3.8, 4) is 6.07 Å². The van der Waals surface area contributed by atoms with Crippen LogP contribution in [-0.4, -0.2) is 57.6 Å². The number of piperidine rings is 1. The van der Waals surface area contributed by atoms with Gasteiger partial charge in [0.2, 0.25) is 5.91 Å². The summed E-state index contributed by atoms with van der Waals surface area (Å²) in [5.74, 6) is 0.830. The molecule has 190 valence electrons. The zero-order valence-corrected chi connectivity index (χ0v) is 21.1. The van der Waals surface area contributed by atoms with Crippen LogP contribution in [0.4, 0.5) is 10.6 Å². The van der Waals surface area contributed by atoms with Gasteiger partial charge in [0.25, 0.3) is 0 Å². The number of nitrogens with zero attached hydrogens (tertiary/aromatic N) is 6. The van der Waals surface area contributed by atoms with Gasteiger partial charge in [-0.3, -0.25) is 4.79 Å². The second-order valence-electron chi connectivity index (χ2n) is 8.81. The van der Waals surface area contributed by atoms with Crippen LogP contribution >= 0.6 is 12.4 Å². The molecule has 2 N–H and O–H groups in total. The van der Waals surface area contributed by atoms with Crippen LogP contribution in [0.15, 0.2) is 42.9 Å². The molecule has 2 aromatic heterocycles. The molecule has 1 aliphatic rings. The Morgan fingerprint density at radius 1 is 1.22 bits per heavy atom. The molecule has 0 unspecified atom stereocenters. The van der Waals surface area contributed by atoms with Crippen molar-refractivity contribution in [1.29, 1.82) is 5.26 Å². The Bertz CT molecular complexity index is 1250. The quantitative estimate of drug-likeness (QED) is 0.534. The maximum absolute atomic E-state index is 12.8. The van der Waals surface area contributed by atoms with E-state index in [-0.39, 0.29) is 37.4 Å². The Kier molecular flexibility index (Phi) is 8.85. The van der Waals surface area contributed by atoms with E-state index in [2.05, 4.69) is 16.9 Å². The number of hydrogen-bond donors (Lipinski definition) is 1. The fourth-order valence-electron chi connectivity index (χ4n) is 4.47. The molecule has 0 bridgehead atoms. The molecule has 36 heavy (non-hydrogen) atoms. The van der Waals surface area contributed by atoms with Gasteiger partial charge in [0.1, 0.15) is 25.2 Å². The minimum absolute atomic E-state index is 0. The topological polar surface area (TPSA) is 130 Å². The van der Waals surface area contributed by atoms with Crippen LogP contribution in [0.2, 0.25) is 0 Å². The first-order valence-electron chi connectivity index (χ1n) is 11.6. The van der Waals surface area contributed by atoms with Crippen molar-refractivity contribution in [3.63, 3.8) is 0 Å². The van der Waals surface area contributed by atoms with E-state index in [4.69, 9.17) is 15.7 Å². The number of halogens is 1. The summed E-state index contributed by atoms with van der Waals surface area (Å²) in [7, 11) is 1.93. The molecular formula is C25H30ClN7O3. The highest BCUT2D eigenvalue weighted by atomic mass is 35.5. The number of aromatic nitrogens is 3. The average Bonchev–Trinajstić information content (AvgIpc) is 3.32. The molecule has 10 nitrogen and oxygen atoms in total. The van der Waals surface area contributed by atoms with Crippen LogP contribution in [0, 0.1) is 17.2 Å². The third-order valence-electron chi connectivity index (χ3n) is 6.61. The van der Waals surface area contributed by atoms with E-state index in [1.807, 2.05) is 42.3 Å². The zero-order chi connectivity index (χ0) is 24.9. The summed E-state index contributed by atoms with van der Waals surface area (Å²) in [6.07, 6.45) is 3.23. The smallest absolute Gasteiger partial charge is 0.420 e. The van der Waals surface area contributed by atoms with Crippen molar-refractivity contribution in [1.82, 2.24) is 19.4 Å². The first kappa shape index (κ1) is 26.9. The first-order valence-corrected chi connectivity index (χ1v) is 11.6. The number of benzene rings is 1. The van der Waals surface area contributed by atoms with Crippen molar-refractivity contribution >= 4 is 41.3 Å². The molecule has 1 fully saturated rings. The molecular weight excluding hydrogens is 482 g/mol. The van der Waals surface area contributed by atoms with Crippen LogP contribution in [0.1, 0.15) is 30.9 Å². The summed E-state index contributed by atoms with van der Waals surface area (Å²) in [5.41, 5.74) is 7.95. The SMILES string of the molecule is C[C@@H]1CCN(C(=O)CC#N)C[C@@H]1N(C)c1ncnc2c1ccn2C(=O)OCc1ccc(CN)cc1.Cl. The average molecular weight is 512 g/mol. The minimum Gasteiger partial charge on any atom is -0.444 e. The number of amides is 1. The molecule has 0 spiro atoms. The van der Waals surface area contributed by atoms with Crippen LogP contribution in [0.3, 0.4) is 0 Å². The van der Waals surface area contributed by atoms with Crippen molar-refractivity contribution < 1.29 is 14.3 Å². The van der Waals surface area contributed by atoms with E-state index in [0.29, 0.717) is 42.4 Å². The predicted octanol–water partition coefficient (Wildman–Crippen LogP) is 3.08. The van der Waals surface area contributed by atoms with Crippen LogP contribution in [0.5, 0.6) is 0 Å². The van der Waals surface area contributed by atoms with E-state index >= 15 is 0 Å². The lowest BCUT2D eigenvalue weighted by Gasteiger charge is -2.42. The summed E-state index contributed by atoms with van der Waals surface area (Å²) < 4.78 is 6.87. The van der Waals surface area contributed by atoms with Crippen molar-refractivity contribution in [2.45, 2.75) is 39.0 Å². The minimum atomic E-state index is -0.533. The number of carbonyl (C=O) groups is 2. The Hall–Kier alpha value is -3.68. The fraction of sp³-hybridized carbons (Fsp3) is 0.400. The highest BCUT2D eigenvalue weighted by Crippen LogP contribution is 2.29. The zero-order valence-electron chi connectivity index (χ0n) is 20.3. The third-order valence-corrected chi connectivity index (χ3v) is 6.61. The van der Waals surface area contributed by atoms with Gasteiger partial charge in [0, 0.05) is 32.9 Å². The number of nitriles is 1. The van der Waals surface area contributed by atoms with E-state index in [9.17, 15) is 9.59 Å². The van der Waals surface area contributed by atoms with Gasteiger partial charge in [0.15, 0.2) is 5.65 Å². The highest BCUT2D eigenvalue weighted by Gasteiger charge is 2.33. The number of carbonyl (C=O) groups excluding carboxylic acids is 2. The highest BCUT2D eigenvalue weighted by molar-refractivity contribution is 5.93. The van der Waals surface area contributed by atoms with Gasteiger partial charge < -0.3 is 20.3 Å². The van der Waals surface area contributed by atoms with Crippen molar-refractivity contribution in [2.75, 3.05) is 25.0 Å². The predicted molar refractivity (Wildman–Crippen MR) is 137 cm³/mol. The van der Waals surface area contributed by atoms with E-state index in [0.717, 1.165) is 17.5 Å². The van der Waals surface area contributed by atoms with Crippen LogP contribution in [-0.2, 0) is 22.7 Å². The lowest BCUT2D eigenvalue weighted by atomic mass is 9.92. The number of likely N-dealkylation sites (tertiary alicyclic amines) is 1. The molecule has 4 rings (SSSR count). The van der Waals surface area contributed by atoms with Gasteiger partial charge in [-0.1, -0.05) is 31.2 Å². The van der Waals surface area contributed by atoms with Crippen molar-refractivity contribution in [3.05, 3.63) is 54.0 Å². The Morgan fingerprint density at radius 2 is 1.94 bits per heavy atom. The Morgan fingerprint density at radius 3 is 2.64 bits per heavy atom. The summed E-state index contributed by atoms with van der Waals surface area (Å²) in [5, 5.41) is 9.61. The first-order chi connectivity index (χ1) is 16.9. The summed E-state index contributed by atoms with van der Waals surface area (Å²) in [6.45, 7) is 3.89. The summed E-state index contributed by atoms with van der Waals surface area (Å²) in [4.78, 5) is 37.7. The number of nitrogens with two attached hydrogens (primary N) is 1. The number of likely N-dealkylation sites (N-methyl/N-ethyl adjacent to an activating group) is 1. The molecule has 0 radical (unpaired) electrons. The van der Waals surface area contributed by atoms with Crippen molar-refractivity contribution in [2.24, 2.45) is 11.7 Å². The van der Waals surface area contributed by atoms with Gasteiger partial charge >= 0.3 is 6.09 Å². The standard InChI is InChI=1S/C25H29N7O3.ClH/c1-17-8-11-31(22(33)7-10-26)14-21(17)30(2)23-20-9-12-32(24(20)29-16-28-23)25(34)35-15-19-5-3-18(13-27)4-6-19;/h3-6,9,12,16-17,21H,7-8,11,13-15,27H2,1-2H3;1H/t17-,21+;/m1./s1. The number of hydrogen-bond acceptors (Lipinski definition) is 8. The third kappa shape index (κ3) is 5.58. The number of rotatable bonds is 6.